The number of nitrogens with zero attached hydrogens (tertiary/aromatic N) is 1. The molecule has 2 rings (SSSR count). The van der Waals surface area contributed by atoms with Crippen LogP contribution >= 0.6 is 24.8 Å². The summed E-state index contributed by atoms with van der Waals surface area (Å²) in [6.07, 6.45) is 4.87. The Labute approximate surface area is 108 Å². The molecule has 0 aliphatic carbocycles. The summed E-state index contributed by atoms with van der Waals surface area (Å²) >= 11 is 9.52. The van der Waals surface area contributed by atoms with Gasteiger partial charge in [0.1, 0.15) is 4.32 Å². The molecule has 1 fully saturated rings. The highest BCUT2D eigenvalue weighted by Crippen LogP contribution is 2.22. The minimum Gasteiger partial charge on any atom is -0.354 e. The molecule has 0 saturated carbocycles. The van der Waals surface area contributed by atoms with E-state index in [1.165, 1.54) is 24.8 Å². The third-order valence-corrected chi connectivity index (χ3v) is 3.68. The first kappa shape index (κ1) is 11.9. The summed E-state index contributed by atoms with van der Waals surface area (Å²) in [5, 5.41) is 0. The first-order valence-corrected chi connectivity index (χ1v) is 6.66. The maximum absolute atomic E-state index is 5.20. The van der Waals surface area contributed by atoms with Crippen molar-refractivity contribution in [3.05, 3.63) is 35.9 Å². The van der Waals surface area contributed by atoms with Gasteiger partial charge in [0.05, 0.1) is 0 Å². The average Bonchev–Trinajstić information content (AvgIpc) is 2.31. The van der Waals surface area contributed by atoms with E-state index in [1.807, 2.05) is 0 Å². The van der Waals surface area contributed by atoms with Crippen LogP contribution in [0.4, 0.5) is 0 Å². The molecule has 16 heavy (non-hydrogen) atoms. The van der Waals surface area contributed by atoms with Crippen LogP contribution in [-0.2, 0) is 6.42 Å². The van der Waals surface area contributed by atoms with Gasteiger partial charge in [-0.15, -0.1) is 12.6 Å². The van der Waals surface area contributed by atoms with Gasteiger partial charge < -0.3 is 4.90 Å². The van der Waals surface area contributed by atoms with Crippen molar-refractivity contribution in [1.29, 1.82) is 0 Å². The van der Waals surface area contributed by atoms with Gasteiger partial charge in [-0.25, -0.2) is 0 Å². The molecule has 0 amide bonds. The lowest BCUT2D eigenvalue weighted by atomic mass is 9.96. The Balaban J connectivity index is 2.04. The molecule has 1 aromatic rings. The Kier molecular flexibility index (Phi) is 4.24. The van der Waals surface area contributed by atoms with E-state index in [1.54, 1.807) is 0 Å². The Morgan fingerprint density at radius 1 is 1.31 bits per heavy atom. The van der Waals surface area contributed by atoms with Crippen LogP contribution in [-0.4, -0.2) is 21.8 Å². The van der Waals surface area contributed by atoms with Crippen molar-refractivity contribution in [2.45, 2.75) is 31.7 Å². The largest absolute Gasteiger partial charge is 0.354 e. The van der Waals surface area contributed by atoms with Crippen LogP contribution in [0.1, 0.15) is 24.8 Å². The van der Waals surface area contributed by atoms with Gasteiger partial charge in [-0.1, -0.05) is 42.5 Å². The monoisotopic (exact) mass is 251 g/mol. The Bertz CT molecular complexity index is 350. The van der Waals surface area contributed by atoms with Gasteiger partial charge in [0, 0.05) is 12.6 Å². The summed E-state index contributed by atoms with van der Waals surface area (Å²) in [4.78, 5) is 2.27. The predicted molar refractivity (Wildman–Crippen MR) is 76.1 cm³/mol. The zero-order chi connectivity index (χ0) is 11.4. The van der Waals surface area contributed by atoms with Gasteiger partial charge in [-0.2, -0.15) is 0 Å². The molecule has 0 radical (unpaired) electrons. The number of piperidine rings is 1. The lowest BCUT2D eigenvalue weighted by Gasteiger charge is -2.36. The molecule has 1 aliphatic rings. The van der Waals surface area contributed by atoms with E-state index in [4.69, 9.17) is 12.2 Å². The van der Waals surface area contributed by atoms with Crippen LogP contribution in [0.5, 0.6) is 0 Å². The molecule has 0 N–H and O–H groups in total. The number of hydrogen-bond donors (Lipinski definition) is 1. The number of thiol groups is 1. The zero-order valence-corrected chi connectivity index (χ0v) is 11.0. The molecule has 1 aliphatic heterocycles. The summed E-state index contributed by atoms with van der Waals surface area (Å²) in [5.41, 5.74) is 1.39. The van der Waals surface area contributed by atoms with E-state index in [2.05, 4.69) is 47.9 Å². The van der Waals surface area contributed by atoms with Crippen LogP contribution in [0.3, 0.4) is 0 Å². The highest BCUT2D eigenvalue weighted by molar-refractivity contribution is 8.10. The lowest BCUT2D eigenvalue weighted by molar-refractivity contribution is 0.248. The third-order valence-electron chi connectivity index (χ3n) is 3.19. The highest BCUT2D eigenvalue weighted by Gasteiger charge is 2.22. The van der Waals surface area contributed by atoms with Gasteiger partial charge >= 0.3 is 0 Å². The number of thiocarbonyl (C=S) groups is 1. The van der Waals surface area contributed by atoms with E-state index >= 15 is 0 Å². The summed E-state index contributed by atoms with van der Waals surface area (Å²) in [6.45, 7) is 1.07. The average molecular weight is 251 g/mol. The van der Waals surface area contributed by atoms with Crippen molar-refractivity contribution in [2.75, 3.05) is 6.54 Å². The van der Waals surface area contributed by atoms with E-state index in [-0.39, 0.29) is 0 Å². The quantitative estimate of drug-likeness (QED) is 0.634. The molecule has 0 spiro atoms. The van der Waals surface area contributed by atoms with E-state index in [0.717, 1.165) is 17.3 Å². The third kappa shape index (κ3) is 2.98. The summed E-state index contributed by atoms with van der Waals surface area (Å²) in [5.74, 6) is 0. The van der Waals surface area contributed by atoms with E-state index < -0.39 is 0 Å². The standard InChI is InChI=1S/C13H17NS2/c15-13(16)14-9-5-4-8-12(14)10-11-6-2-1-3-7-11/h1-3,6-7,12H,4-5,8-10H2,(H,15,16). The maximum atomic E-state index is 5.20. The number of likely N-dealkylation sites (tertiary alicyclic amines) is 1. The molecule has 1 unspecified atom stereocenters. The minimum atomic E-state index is 0.543. The van der Waals surface area contributed by atoms with Crippen LogP contribution in [0.2, 0.25) is 0 Å². The Morgan fingerprint density at radius 3 is 2.75 bits per heavy atom. The van der Waals surface area contributed by atoms with Crippen LogP contribution in [0.15, 0.2) is 30.3 Å². The normalized spacial score (nSPS) is 20.8. The summed E-state index contributed by atoms with van der Waals surface area (Å²) in [6, 6.07) is 11.2. The second kappa shape index (κ2) is 5.69. The lowest BCUT2D eigenvalue weighted by Crippen LogP contribution is -2.42. The van der Waals surface area contributed by atoms with Crippen molar-refractivity contribution in [3.8, 4) is 0 Å². The van der Waals surface area contributed by atoms with Crippen LogP contribution in [0, 0.1) is 0 Å². The van der Waals surface area contributed by atoms with E-state index in [9.17, 15) is 0 Å². The molecule has 1 saturated heterocycles. The predicted octanol–water partition coefficient (Wildman–Crippen LogP) is 3.30. The van der Waals surface area contributed by atoms with Crippen molar-refractivity contribution in [3.63, 3.8) is 0 Å². The van der Waals surface area contributed by atoms with Crippen molar-refractivity contribution in [2.24, 2.45) is 0 Å². The van der Waals surface area contributed by atoms with Crippen molar-refractivity contribution >= 4 is 29.2 Å². The summed E-state index contributed by atoms with van der Waals surface area (Å²) < 4.78 is 0.751. The van der Waals surface area contributed by atoms with Gasteiger partial charge in [0.15, 0.2) is 0 Å². The molecule has 86 valence electrons. The Morgan fingerprint density at radius 2 is 2.06 bits per heavy atom. The SMILES string of the molecule is S=C(S)N1CCCCC1Cc1ccccc1. The fraction of sp³-hybridized carbons (Fsp3) is 0.462. The zero-order valence-electron chi connectivity index (χ0n) is 9.30. The Hall–Kier alpha value is -0.540. The fourth-order valence-corrected chi connectivity index (χ4v) is 2.85. The first-order chi connectivity index (χ1) is 7.77. The van der Waals surface area contributed by atoms with Crippen molar-refractivity contribution < 1.29 is 0 Å². The number of benzene rings is 1. The second-order valence-corrected chi connectivity index (χ2v) is 5.43. The van der Waals surface area contributed by atoms with Gasteiger partial charge in [-0.3, -0.25) is 0 Å². The van der Waals surface area contributed by atoms with Crippen LogP contribution < -0.4 is 0 Å². The van der Waals surface area contributed by atoms with Gasteiger partial charge in [-0.05, 0) is 31.2 Å². The molecular formula is C13H17NS2. The molecule has 1 heterocycles. The first-order valence-electron chi connectivity index (χ1n) is 5.81. The van der Waals surface area contributed by atoms with E-state index in [0.29, 0.717) is 6.04 Å². The topological polar surface area (TPSA) is 3.24 Å². The van der Waals surface area contributed by atoms with Crippen molar-refractivity contribution in [1.82, 2.24) is 4.90 Å². The second-order valence-electron chi connectivity index (χ2n) is 4.32. The van der Waals surface area contributed by atoms with Gasteiger partial charge in [0.2, 0.25) is 0 Å². The molecule has 0 aromatic heterocycles. The smallest absolute Gasteiger partial charge is 0.133 e. The van der Waals surface area contributed by atoms with Crippen LogP contribution in [0.25, 0.3) is 0 Å². The molecule has 1 nitrogen and oxygen atoms in total. The number of hydrogen-bond acceptors (Lipinski definition) is 1. The fourth-order valence-electron chi connectivity index (χ4n) is 2.35. The molecular weight excluding hydrogens is 234 g/mol. The highest BCUT2D eigenvalue weighted by atomic mass is 32.1. The minimum absolute atomic E-state index is 0.543. The maximum Gasteiger partial charge on any atom is 0.133 e. The molecule has 1 atom stereocenters. The van der Waals surface area contributed by atoms with Gasteiger partial charge in [0.25, 0.3) is 0 Å². The summed E-state index contributed by atoms with van der Waals surface area (Å²) in [7, 11) is 0. The molecule has 0 bridgehead atoms. The number of rotatable bonds is 2. The molecule has 1 aromatic carbocycles. The molecule has 3 heteroatoms.